The molecule has 0 radical (unpaired) electrons. The van der Waals surface area contributed by atoms with Crippen LogP contribution in [-0.4, -0.2) is 50.9 Å². The summed E-state index contributed by atoms with van der Waals surface area (Å²) in [6.07, 6.45) is 5.48. The summed E-state index contributed by atoms with van der Waals surface area (Å²) >= 11 is 1.52. The molecule has 0 unspecified atom stereocenters. The molecule has 3 rings (SSSR count). The topological polar surface area (TPSA) is 124 Å². The first-order valence-electron chi connectivity index (χ1n) is 9.97. The van der Waals surface area contributed by atoms with Gasteiger partial charge in [-0.25, -0.2) is 9.78 Å². The minimum absolute atomic E-state index is 0.113. The molecule has 3 aromatic rings. The van der Waals surface area contributed by atoms with Crippen LogP contribution < -0.4 is 10.6 Å². The molecule has 2 aromatic carbocycles. The Kier molecular flexibility index (Phi) is 8.04. The number of nitrogens with one attached hydrogen (secondary N) is 3. The molecular weight excluding hydrogens is 428 g/mol. The van der Waals surface area contributed by atoms with Crippen molar-refractivity contribution >= 4 is 35.2 Å². The summed E-state index contributed by atoms with van der Waals surface area (Å²) in [5.74, 6) is -1.18. The van der Waals surface area contributed by atoms with Crippen LogP contribution in [0, 0.1) is 0 Å². The lowest BCUT2D eigenvalue weighted by molar-refractivity contribution is -0.139. The number of hydrogen-bond donors (Lipinski definition) is 4. The number of benzene rings is 2. The molecule has 0 fully saturated rings. The Morgan fingerprint density at radius 2 is 1.94 bits per heavy atom. The molecule has 0 saturated heterocycles. The van der Waals surface area contributed by atoms with E-state index in [0.717, 1.165) is 5.56 Å². The average Bonchev–Trinajstić information content (AvgIpc) is 3.29. The third kappa shape index (κ3) is 6.21. The predicted octanol–water partition coefficient (Wildman–Crippen LogP) is 3.19. The molecule has 8 nitrogen and oxygen atoms in total. The molecule has 4 N–H and O–H groups in total. The van der Waals surface area contributed by atoms with E-state index >= 15 is 0 Å². The molecule has 0 aliphatic carbocycles. The lowest BCUT2D eigenvalue weighted by atomic mass is 9.98. The molecule has 0 aliphatic rings. The van der Waals surface area contributed by atoms with Crippen LogP contribution in [0.1, 0.15) is 22.5 Å². The van der Waals surface area contributed by atoms with Gasteiger partial charge in [-0.05, 0) is 47.8 Å². The average molecular weight is 453 g/mol. The van der Waals surface area contributed by atoms with Gasteiger partial charge in [0, 0.05) is 17.4 Å². The molecule has 166 valence electrons. The zero-order valence-electron chi connectivity index (χ0n) is 17.5. The first-order chi connectivity index (χ1) is 15.5. The minimum Gasteiger partial charge on any atom is -0.480 e. The second-order valence-electron chi connectivity index (χ2n) is 7.06. The van der Waals surface area contributed by atoms with Crippen molar-refractivity contribution in [2.24, 2.45) is 0 Å². The van der Waals surface area contributed by atoms with E-state index in [1.54, 1.807) is 24.4 Å². The van der Waals surface area contributed by atoms with E-state index in [1.165, 1.54) is 18.1 Å². The van der Waals surface area contributed by atoms with Gasteiger partial charge >= 0.3 is 5.97 Å². The van der Waals surface area contributed by atoms with Crippen molar-refractivity contribution in [2.45, 2.75) is 18.9 Å². The zero-order chi connectivity index (χ0) is 22.9. The quantitative estimate of drug-likeness (QED) is 0.375. The molecule has 2 amide bonds. The van der Waals surface area contributed by atoms with Crippen molar-refractivity contribution in [2.75, 3.05) is 17.3 Å². The van der Waals surface area contributed by atoms with E-state index in [1.807, 2.05) is 36.6 Å². The van der Waals surface area contributed by atoms with Crippen molar-refractivity contribution < 1.29 is 19.5 Å². The van der Waals surface area contributed by atoms with Crippen LogP contribution in [0.25, 0.3) is 11.1 Å². The van der Waals surface area contributed by atoms with Gasteiger partial charge in [-0.2, -0.15) is 11.8 Å². The predicted molar refractivity (Wildman–Crippen MR) is 125 cm³/mol. The number of H-pyrrole nitrogens is 1. The number of thioether (sulfide) groups is 1. The van der Waals surface area contributed by atoms with Crippen molar-refractivity contribution in [1.82, 2.24) is 15.3 Å². The van der Waals surface area contributed by atoms with Crippen molar-refractivity contribution in [3.63, 3.8) is 0 Å². The van der Waals surface area contributed by atoms with E-state index in [9.17, 15) is 19.5 Å². The molecule has 32 heavy (non-hydrogen) atoms. The maximum absolute atomic E-state index is 13.0. The van der Waals surface area contributed by atoms with Crippen LogP contribution >= 0.6 is 11.8 Å². The number of imidazole rings is 1. The summed E-state index contributed by atoms with van der Waals surface area (Å²) in [5, 5.41) is 14.9. The van der Waals surface area contributed by atoms with Crippen molar-refractivity contribution in [3.05, 3.63) is 72.3 Å². The van der Waals surface area contributed by atoms with Crippen LogP contribution in [0.4, 0.5) is 5.69 Å². The monoisotopic (exact) mass is 452 g/mol. The third-order valence-corrected chi connectivity index (χ3v) is 5.39. The largest absolute Gasteiger partial charge is 0.480 e. The SMILES string of the molecule is CSCC[C@H](NC(=O)c1ccc(NC(=O)Cc2c[nH]cn2)cc1-c1ccccc1)C(=O)O. The number of carbonyl (C=O) groups excluding carboxylic acids is 2. The van der Waals surface area contributed by atoms with Gasteiger partial charge in [0.2, 0.25) is 5.91 Å². The van der Waals surface area contributed by atoms with E-state index in [2.05, 4.69) is 20.6 Å². The Bertz CT molecular complexity index is 1070. The lowest BCUT2D eigenvalue weighted by Gasteiger charge is -2.17. The van der Waals surface area contributed by atoms with Gasteiger partial charge in [0.05, 0.1) is 18.4 Å². The van der Waals surface area contributed by atoms with E-state index in [0.29, 0.717) is 34.7 Å². The highest BCUT2D eigenvalue weighted by Crippen LogP contribution is 2.27. The fourth-order valence-electron chi connectivity index (χ4n) is 3.16. The number of rotatable bonds is 10. The van der Waals surface area contributed by atoms with Gasteiger partial charge < -0.3 is 20.7 Å². The van der Waals surface area contributed by atoms with Crippen molar-refractivity contribution in [3.8, 4) is 11.1 Å². The van der Waals surface area contributed by atoms with Crippen molar-refractivity contribution in [1.29, 1.82) is 0 Å². The van der Waals surface area contributed by atoms with E-state index in [-0.39, 0.29) is 12.3 Å². The summed E-state index contributed by atoms with van der Waals surface area (Å²) in [6.45, 7) is 0. The second kappa shape index (κ2) is 11.1. The lowest BCUT2D eigenvalue weighted by Crippen LogP contribution is -2.41. The first kappa shape index (κ1) is 23.1. The first-order valence-corrected chi connectivity index (χ1v) is 11.4. The van der Waals surface area contributed by atoms with Gasteiger partial charge in [-0.1, -0.05) is 30.3 Å². The Morgan fingerprint density at radius 3 is 2.59 bits per heavy atom. The third-order valence-electron chi connectivity index (χ3n) is 4.74. The second-order valence-corrected chi connectivity index (χ2v) is 8.04. The number of carbonyl (C=O) groups is 3. The smallest absolute Gasteiger partial charge is 0.326 e. The van der Waals surface area contributed by atoms with Crippen LogP contribution in [0.5, 0.6) is 0 Å². The molecule has 1 atom stereocenters. The number of hydrogen-bond acceptors (Lipinski definition) is 5. The van der Waals surface area contributed by atoms with Crippen LogP contribution in [0.3, 0.4) is 0 Å². The Labute approximate surface area is 189 Å². The number of aromatic amines is 1. The standard InChI is InChI=1S/C23H24N4O4S/c1-32-10-9-20(23(30)31)27-22(29)18-8-7-16(11-19(18)15-5-3-2-4-6-15)26-21(28)12-17-13-24-14-25-17/h2-8,11,13-14,20H,9-10,12H2,1H3,(H,24,25)(H,26,28)(H,27,29)(H,30,31)/t20-/m0/s1. The van der Waals surface area contributed by atoms with Crippen LogP contribution in [0.15, 0.2) is 61.1 Å². The fraction of sp³-hybridized carbons (Fsp3) is 0.217. The van der Waals surface area contributed by atoms with E-state index < -0.39 is 17.9 Å². The number of amides is 2. The maximum atomic E-state index is 13.0. The van der Waals surface area contributed by atoms with Gasteiger partial charge in [-0.3, -0.25) is 9.59 Å². The molecule has 0 bridgehead atoms. The number of nitrogens with zero attached hydrogens (tertiary/aromatic N) is 1. The highest BCUT2D eigenvalue weighted by molar-refractivity contribution is 7.98. The highest BCUT2D eigenvalue weighted by Gasteiger charge is 2.22. The Morgan fingerprint density at radius 1 is 1.16 bits per heavy atom. The summed E-state index contributed by atoms with van der Waals surface area (Å²) in [4.78, 5) is 43.7. The summed E-state index contributed by atoms with van der Waals surface area (Å²) in [7, 11) is 0. The van der Waals surface area contributed by atoms with Gasteiger partial charge in [0.1, 0.15) is 6.04 Å². The summed E-state index contributed by atoms with van der Waals surface area (Å²) < 4.78 is 0. The van der Waals surface area contributed by atoms with Gasteiger partial charge in [-0.15, -0.1) is 0 Å². The zero-order valence-corrected chi connectivity index (χ0v) is 18.3. The summed E-state index contributed by atoms with van der Waals surface area (Å²) in [5.41, 5.74) is 2.84. The molecule has 1 aromatic heterocycles. The maximum Gasteiger partial charge on any atom is 0.326 e. The number of aliphatic carboxylic acids is 1. The minimum atomic E-state index is -1.07. The number of carboxylic acid groups (broad SMARTS) is 1. The normalized spacial score (nSPS) is 11.5. The Balaban J connectivity index is 1.86. The Hall–Kier alpha value is -3.59. The molecular formula is C23H24N4O4S. The molecule has 1 heterocycles. The van der Waals surface area contributed by atoms with Crippen LogP contribution in [-0.2, 0) is 16.0 Å². The van der Waals surface area contributed by atoms with E-state index in [4.69, 9.17) is 0 Å². The molecule has 0 aliphatic heterocycles. The molecule has 0 saturated carbocycles. The number of carboxylic acids is 1. The molecule has 0 spiro atoms. The van der Waals surface area contributed by atoms with Gasteiger partial charge in [0.25, 0.3) is 5.91 Å². The molecule has 9 heteroatoms. The summed E-state index contributed by atoms with van der Waals surface area (Å²) in [6, 6.07) is 13.2. The highest BCUT2D eigenvalue weighted by atomic mass is 32.2. The van der Waals surface area contributed by atoms with Crippen LogP contribution in [0.2, 0.25) is 0 Å². The fourth-order valence-corrected chi connectivity index (χ4v) is 3.63. The number of aromatic nitrogens is 2. The number of anilines is 1. The van der Waals surface area contributed by atoms with Gasteiger partial charge in [0.15, 0.2) is 0 Å².